The van der Waals surface area contributed by atoms with Gasteiger partial charge in [-0.2, -0.15) is 5.10 Å². The summed E-state index contributed by atoms with van der Waals surface area (Å²) in [4.78, 5) is 25.1. The number of nitrogens with one attached hydrogen (secondary N) is 2. The van der Waals surface area contributed by atoms with Crippen LogP contribution in [0.1, 0.15) is 23.6 Å². The van der Waals surface area contributed by atoms with Gasteiger partial charge in [-0.25, -0.2) is 10.2 Å². The van der Waals surface area contributed by atoms with E-state index in [1.54, 1.807) is 13.1 Å². The van der Waals surface area contributed by atoms with Crippen LogP contribution in [0.25, 0.3) is 10.8 Å². The van der Waals surface area contributed by atoms with Crippen molar-refractivity contribution < 1.29 is 19.1 Å². The van der Waals surface area contributed by atoms with Crippen molar-refractivity contribution in [1.82, 2.24) is 10.7 Å². The van der Waals surface area contributed by atoms with Crippen LogP contribution in [0.4, 0.5) is 4.79 Å². The van der Waals surface area contributed by atoms with Gasteiger partial charge in [0.1, 0.15) is 18.4 Å². The summed E-state index contributed by atoms with van der Waals surface area (Å²) in [7, 11) is 0. The van der Waals surface area contributed by atoms with E-state index in [1.807, 2.05) is 91.0 Å². The summed E-state index contributed by atoms with van der Waals surface area (Å²) < 4.78 is 12.1. The molecule has 8 heteroatoms. The minimum atomic E-state index is -0.866. The summed E-state index contributed by atoms with van der Waals surface area (Å²) >= 11 is 3.45. The molecule has 1 atom stereocenters. The van der Waals surface area contributed by atoms with Crippen molar-refractivity contribution >= 4 is 44.9 Å². The SMILES string of the molecule is CCOC(=O)N[C@@H](Cc1ccccc1)C(=O)N/N=C\c1c(OCc2ccc(Br)cc2)ccc2ccccc12. The fraction of sp³-hybridized carbons (Fsp3) is 0.167. The quantitative estimate of drug-likeness (QED) is 0.180. The normalized spacial score (nSPS) is 11.7. The van der Waals surface area contributed by atoms with E-state index in [4.69, 9.17) is 9.47 Å². The molecule has 0 saturated heterocycles. The first kappa shape index (κ1) is 26.9. The Hall–Kier alpha value is -4.17. The number of amides is 2. The zero-order valence-electron chi connectivity index (χ0n) is 20.9. The molecular formula is C30H28BrN3O4. The Labute approximate surface area is 230 Å². The van der Waals surface area contributed by atoms with Gasteiger partial charge in [-0.1, -0.05) is 88.7 Å². The van der Waals surface area contributed by atoms with Crippen LogP contribution >= 0.6 is 15.9 Å². The molecule has 194 valence electrons. The van der Waals surface area contributed by atoms with E-state index in [1.165, 1.54) is 0 Å². The van der Waals surface area contributed by atoms with Crippen molar-refractivity contribution in [3.05, 3.63) is 112 Å². The third-order valence-electron chi connectivity index (χ3n) is 5.77. The number of alkyl carbamates (subject to hydrolysis) is 1. The van der Waals surface area contributed by atoms with E-state index in [0.717, 1.165) is 31.9 Å². The summed E-state index contributed by atoms with van der Waals surface area (Å²) in [5.41, 5.74) is 5.22. The Morgan fingerprint density at radius 1 is 0.921 bits per heavy atom. The average Bonchev–Trinajstić information content (AvgIpc) is 2.93. The number of benzene rings is 4. The molecule has 2 amide bonds. The van der Waals surface area contributed by atoms with Crippen LogP contribution < -0.4 is 15.5 Å². The fourth-order valence-electron chi connectivity index (χ4n) is 3.89. The highest BCUT2D eigenvalue weighted by Gasteiger charge is 2.21. The number of nitrogens with zero attached hydrogens (tertiary/aromatic N) is 1. The van der Waals surface area contributed by atoms with Gasteiger partial charge >= 0.3 is 6.09 Å². The molecule has 0 spiro atoms. The zero-order valence-corrected chi connectivity index (χ0v) is 22.5. The van der Waals surface area contributed by atoms with Crippen LogP contribution in [0.15, 0.2) is 101 Å². The molecule has 4 aromatic rings. The Morgan fingerprint density at radius 2 is 1.66 bits per heavy atom. The highest BCUT2D eigenvalue weighted by molar-refractivity contribution is 9.10. The number of hydrazone groups is 1. The molecule has 0 radical (unpaired) electrons. The maximum absolute atomic E-state index is 13.0. The third kappa shape index (κ3) is 7.43. The number of halogens is 1. The van der Waals surface area contributed by atoms with E-state index in [9.17, 15) is 9.59 Å². The fourth-order valence-corrected chi connectivity index (χ4v) is 4.15. The van der Waals surface area contributed by atoms with Gasteiger partial charge in [-0.05, 0) is 47.0 Å². The second kappa shape index (κ2) is 13.4. The highest BCUT2D eigenvalue weighted by atomic mass is 79.9. The summed E-state index contributed by atoms with van der Waals surface area (Å²) in [6.07, 6.45) is 1.20. The number of carbonyl (C=O) groups excluding carboxylic acids is 2. The largest absolute Gasteiger partial charge is 0.488 e. The van der Waals surface area contributed by atoms with Crippen LogP contribution in [0.2, 0.25) is 0 Å². The molecule has 0 heterocycles. The first-order chi connectivity index (χ1) is 18.5. The molecule has 7 nitrogen and oxygen atoms in total. The van der Waals surface area contributed by atoms with Crippen LogP contribution in [-0.2, 0) is 22.6 Å². The predicted octanol–water partition coefficient (Wildman–Crippen LogP) is 5.99. The molecule has 4 rings (SSSR count). The molecule has 0 saturated carbocycles. The smallest absolute Gasteiger partial charge is 0.407 e. The van der Waals surface area contributed by atoms with Crippen molar-refractivity contribution in [2.75, 3.05) is 6.61 Å². The average molecular weight is 574 g/mol. The lowest BCUT2D eigenvalue weighted by Gasteiger charge is -2.17. The second-order valence-electron chi connectivity index (χ2n) is 8.46. The summed E-state index contributed by atoms with van der Waals surface area (Å²) in [6.45, 7) is 2.28. The number of carbonyl (C=O) groups is 2. The van der Waals surface area contributed by atoms with Crippen molar-refractivity contribution in [3.63, 3.8) is 0 Å². The number of rotatable bonds is 10. The van der Waals surface area contributed by atoms with E-state index >= 15 is 0 Å². The van der Waals surface area contributed by atoms with Crippen LogP contribution in [0, 0.1) is 0 Å². The summed E-state index contributed by atoms with van der Waals surface area (Å²) in [5, 5.41) is 8.81. The van der Waals surface area contributed by atoms with Gasteiger partial charge in [-0.3, -0.25) is 4.79 Å². The topological polar surface area (TPSA) is 89.0 Å². The molecule has 0 aromatic heterocycles. The van der Waals surface area contributed by atoms with E-state index in [2.05, 4.69) is 31.8 Å². The molecule has 0 bridgehead atoms. The minimum absolute atomic E-state index is 0.202. The molecule has 0 fully saturated rings. The van der Waals surface area contributed by atoms with E-state index in [-0.39, 0.29) is 13.0 Å². The highest BCUT2D eigenvalue weighted by Crippen LogP contribution is 2.27. The molecule has 0 aliphatic heterocycles. The molecular weight excluding hydrogens is 546 g/mol. The molecule has 4 aromatic carbocycles. The van der Waals surface area contributed by atoms with Crippen LogP contribution in [-0.4, -0.2) is 30.9 Å². The van der Waals surface area contributed by atoms with Crippen molar-refractivity contribution in [3.8, 4) is 5.75 Å². The van der Waals surface area contributed by atoms with Gasteiger partial charge in [0, 0.05) is 16.5 Å². The van der Waals surface area contributed by atoms with Gasteiger partial charge in [0.25, 0.3) is 5.91 Å². The Kier molecular flexibility index (Phi) is 9.48. The van der Waals surface area contributed by atoms with Gasteiger partial charge in [0.15, 0.2) is 0 Å². The molecule has 38 heavy (non-hydrogen) atoms. The lowest BCUT2D eigenvalue weighted by molar-refractivity contribution is -0.123. The predicted molar refractivity (Wildman–Crippen MR) is 152 cm³/mol. The maximum atomic E-state index is 13.0. The van der Waals surface area contributed by atoms with Crippen molar-refractivity contribution in [1.29, 1.82) is 0 Å². The van der Waals surface area contributed by atoms with Crippen LogP contribution in [0.3, 0.4) is 0 Å². The van der Waals surface area contributed by atoms with Gasteiger partial charge in [0.05, 0.1) is 12.8 Å². The Bertz CT molecular complexity index is 1410. The summed E-state index contributed by atoms with van der Waals surface area (Å²) in [6, 6.07) is 28.2. The minimum Gasteiger partial charge on any atom is -0.488 e. The van der Waals surface area contributed by atoms with Crippen molar-refractivity contribution in [2.24, 2.45) is 5.10 Å². The number of hydrogen-bond donors (Lipinski definition) is 2. The van der Waals surface area contributed by atoms with Crippen molar-refractivity contribution in [2.45, 2.75) is 26.0 Å². The van der Waals surface area contributed by atoms with E-state index in [0.29, 0.717) is 12.4 Å². The molecule has 2 N–H and O–H groups in total. The van der Waals surface area contributed by atoms with Gasteiger partial charge in [-0.15, -0.1) is 0 Å². The lowest BCUT2D eigenvalue weighted by Crippen LogP contribution is -2.47. The second-order valence-corrected chi connectivity index (χ2v) is 9.37. The van der Waals surface area contributed by atoms with Gasteiger partial charge < -0.3 is 14.8 Å². The zero-order chi connectivity index (χ0) is 26.7. The Morgan fingerprint density at radius 3 is 2.42 bits per heavy atom. The number of fused-ring (bicyclic) bond motifs is 1. The standard InChI is InChI=1S/C30H28BrN3O4/c1-2-37-30(36)33-27(18-21-8-4-3-5-9-21)29(35)34-32-19-26-25-11-7-6-10-23(25)14-17-28(26)38-20-22-12-15-24(31)16-13-22/h3-17,19,27H,2,18,20H2,1H3,(H,33,36)(H,34,35)/b32-19-/t27-/m0/s1. The Balaban J connectivity index is 1.53. The maximum Gasteiger partial charge on any atom is 0.407 e. The molecule has 0 aliphatic carbocycles. The molecule has 0 aliphatic rings. The van der Waals surface area contributed by atoms with E-state index < -0.39 is 18.0 Å². The first-order valence-corrected chi connectivity index (χ1v) is 13.0. The van der Waals surface area contributed by atoms with Crippen LogP contribution in [0.5, 0.6) is 5.75 Å². The first-order valence-electron chi connectivity index (χ1n) is 12.2. The number of ether oxygens (including phenoxy) is 2. The number of hydrogen-bond acceptors (Lipinski definition) is 5. The van der Waals surface area contributed by atoms with Gasteiger partial charge in [0.2, 0.25) is 0 Å². The summed E-state index contributed by atoms with van der Waals surface area (Å²) in [5.74, 6) is 0.172. The lowest BCUT2D eigenvalue weighted by atomic mass is 10.0. The third-order valence-corrected chi connectivity index (χ3v) is 6.30. The molecule has 0 unspecified atom stereocenters. The monoisotopic (exact) mass is 573 g/mol.